The Morgan fingerprint density at radius 1 is 1.41 bits per heavy atom. The van der Waals surface area contributed by atoms with Gasteiger partial charge in [0.1, 0.15) is 0 Å². The molecule has 1 unspecified atom stereocenters. The van der Waals surface area contributed by atoms with E-state index < -0.39 is 0 Å². The van der Waals surface area contributed by atoms with Gasteiger partial charge < -0.3 is 5.73 Å². The minimum atomic E-state index is 0.163. The van der Waals surface area contributed by atoms with E-state index in [4.69, 9.17) is 5.73 Å². The van der Waals surface area contributed by atoms with Crippen LogP contribution >= 0.6 is 31.9 Å². The van der Waals surface area contributed by atoms with Gasteiger partial charge in [-0.05, 0) is 47.0 Å². The smallest absolute Gasteiger partial charge is 0.0657 e. The normalized spacial score (nSPS) is 12.7. The lowest BCUT2D eigenvalue weighted by atomic mass is 10.1. The highest BCUT2D eigenvalue weighted by molar-refractivity contribution is 9.10. The van der Waals surface area contributed by atoms with Crippen LogP contribution in [-0.4, -0.2) is 15.8 Å². The van der Waals surface area contributed by atoms with E-state index >= 15 is 0 Å². The molecule has 90 valence electrons. The number of hydrogen-bond donors (Lipinski definition) is 1. The molecule has 0 fully saturated rings. The largest absolute Gasteiger partial charge is 0.328 e. The second-order valence-electron chi connectivity index (χ2n) is 4.06. The van der Waals surface area contributed by atoms with E-state index in [0.29, 0.717) is 0 Å². The lowest BCUT2D eigenvalue weighted by Crippen LogP contribution is -2.18. The van der Waals surface area contributed by atoms with E-state index in [1.165, 1.54) is 5.56 Å². The van der Waals surface area contributed by atoms with E-state index in [2.05, 4.69) is 49.1 Å². The minimum absolute atomic E-state index is 0.163. The van der Waals surface area contributed by atoms with Gasteiger partial charge in [0.05, 0.1) is 16.4 Å². The van der Waals surface area contributed by atoms with Gasteiger partial charge in [-0.25, -0.2) is 4.68 Å². The predicted octanol–water partition coefficient (Wildman–Crippen LogP) is 3.29. The Balaban J connectivity index is 2.30. The first-order valence-corrected chi connectivity index (χ1v) is 6.89. The SMILES string of the molecule is CC(N)Cc1ccc(-n2cc(Br)cn2)cc1Br. The minimum Gasteiger partial charge on any atom is -0.328 e. The van der Waals surface area contributed by atoms with E-state index in [0.717, 1.165) is 21.1 Å². The third-order valence-corrected chi connectivity index (χ3v) is 3.54. The van der Waals surface area contributed by atoms with Crippen LogP contribution in [-0.2, 0) is 6.42 Å². The molecule has 0 bridgehead atoms. The van der Waals surface area contributed by atoms with Crippen molar-refractivity contribution in [3.8, 4) is 5.69 Å². The number of benzene rings is 1. The number of aromatic nitrogens is 2. The topological polar surface area (TPSA) is 43.8 Å². The molecule has 2 rings (SSSR count). The van der Waals surface area contributed by atoms with E-state index in [9.17, 15) is 0 Å². The first-order chi connectivity index (χ1) is 8.06. The molecule has 3 nitrogen and oxygen atoms in total. The van der Waals surface area contributed by atoms with Crippen LogP contribution in [0.4, 0.5) is 0 Å². The van der Waals surface area contributed by atoms with Crippen LogP contribution in [0.25, 0.3) is 5.69 Å². The fraction of sp³-hybridized carbons (Fsp3) is 0.250. The molecular formula is C12H13Br2N3. The standard InChI is InChI=1S/C12H13Br2N3/c1-8(15)4-9-2-3-11(5-12(9)14)17-7-10(13)6-16-17/h2-3,5-8H,4,15H2,1H3. The van der Waals surface area contributed by atoms with Crippen molar-refractivity contribution in [2.45, 2.75) is 19.4 Å². The maximum absolute atomic E-state index is 5.80. The van der Waals surface area contributed by atoms with Gasteiger partial charge in [-0.3, -0.25) is 0 Å². The zero-order chi connectivity index (χ0) is 12.4. The second-order valence-corrected chi connectivity index (χ2v) is 5.83. The highest BCUT2D eigenvalue weighted by Gasteiger charge is 2.06. The molecule has 5 heteroatoms. The van der Waals surface area contributed by atoms with Crippen molar-refractivity contribution in [1.29, 1.82) is 0 Å². The summed E-state index contributed by atoms with van der Waals surface area (Å²) in [6.45, 7) is 2.00. The van der Waals surface area contributed by atoms with Crippen molar-refractivity contribution in [3.63, 3.8) is 0 Å². The van der Waals surface area contributed by atoms with E-state index in [1.54, 1.807) is 6.20 Å². The monoisotopic (exact) mass is 357 g/mol. The van der Waals surface area contributed by atoms with Crippen molar-refractivity contribution in [2.75, 3.05) is 0 Å². The number of nitrogens with two attached hydrogens (primary N) is 1. The molecule has 0 saturated heterocycles. The summed E-state index contributed by atoms with van der Waals surface area (Å²) in [4.78, 5) is 0. The Labute approximate surface area is 117 Å². The Kier molecular flexibility index (Phi) is 4.01. The molecule has 0 aliphatic heterocycles. The third kappa shape index (κ3) is 3.18. The Hall–Kier alpha value is -0.650. The summed E-state index contributed by atoms with van der Waals surface area (Å²) in [6.07, 6.45) is 4.56. The quantitative estimate of drug-likeness (QED) is 0.914. The van der Waals surface area contributed by atoms with Crippen LogP contribution in [0.5, 0.6) is 0 Å². The predicted molar refractivity (Wildman–Crippen MR) is 76.3 cm³/mol. The molecule has 1 aromatic heterocycles. The number of hydrogen-bond acceptors (Lipinski definition) is 2. The van der Waals surface area contributed by atoms with Crippen molar-refractivity contribution in [2.24, 2.45) is 5.73 Å². The second kappa shape index (κ2) is 5.33. The van der Waals surface area contributed by atoms with Crippen LogP contribution in [0.1, 0.15) is 12.5 Å². The van der Waals surface area contributed by atoms with E-state index in [-0.39, 0.29) is 6.04 Å². The first-order valence-electron chi connectivity index (χ1n) is 5.31. The van der Waals surface area contributed by atoms with Crippen LogP contribution in [0.15, 0.2) is 39.5 Å². The molecule has 0 aliphatic rings. The van der Waals surface area contributed by atoms with Crippen LogP contribution in [0.3, 0.4) is 0 Å². The lowest BCUT2D eigenvalue weighted by molar-refractivity contribution is 0.735. The molecule has 0 aliphatic carbocycles. The van der Waals surface area contributed by atoms with Crippen molar-refractivity contribution >= 4 is 31.9 Å². The summed E-state index contributed by atoms with van der Waals surface area (Å²) >= 11 is 6.95. The highest BCUT2D eigenvalue weighted by Crippen LogP contribution is 2.22. The molecule has 0 radical (unpaired) electrons. The van der Waals surface area contributed by atoms with E-state index in [1.807, 2.05) is 23.9 Å². The average Bonchev–Trinajstić information content (AvgIpc) is 2.67. The first kappa shape index (κ1) is 12.8. The number of rotatable bonds is 3. The summed E-state index contributed by atoms with van der Waals surface area (Å²) in [6, 6.07) is 6.34. The lowest BCUT2D eigenvalue weighted by Gasteiger charge is -2.09. The molecule has 0 saturated carbocycles. The van der Waals surface area contributed by atoms with Gasteiger partial charge in [0, 0.05) is 16.7 Å². The maximum atomic E-state index is 5.80. The molecular weight excluding hydrogens is 346 g/mol. The van der Waals surface area contributed by atoms with Crippen LogP contribution in [0, 0.1) is 0 Å². The van der Waals surface area contributed by atoms with Gasteiger partial charge in [0.15, 0.2) is 0 Å². The summed E-state index contributed by atoms with van der Waals surface area (Å²) in [5.74, 6) is 0. The van der Waals surface area contributed by atoms with Gasteiger partial charge in [-0.1, -0.05) is 22.0 Å². The third-order valence-electron chi connectivity index (χ3n) is 2.39. The highest BCUT2D eigenvalue weighted by atomic mass is 79.9. The van der Waals surface area contributed by atoms with Gasteiger partial charge in [0.2, 0.25) is 0 Å². The zero-order valence-electron chi connectivity index (χ0n) is 9.40. The molecule has 1 aromatic carbocycles. The maximum Gasteiger partial charge on any atom is 0.0657 e. The number of nitrogens with zero attached hydrogens (tertiary/aromatic N) is 2. The molecule has 1 atom stereocenters. The zero-order valence-corrected chi connectivity index (χ0v) is 12.6. The van der Waals surface area contributed by atoms with Gasteiger partial charge >= 0.3 is 0 Å². The summed E-state index contributed by atoms with van der Waals surface area (Å²) in [7, 11) is 0. The van der Waals surface area contributed by atoms with Gasteiger partial charge in [-0.2, -0.15) is 5.10 Å². The Morgan fingerprint density at radius 2 is 2.18 bits per heavy atom. The Bertz CT molecular complexity index is 520. The Morgan fingerprint density at radius 3 is 2.71 bits per heavy atom. The summed E-state index contributed by atoms with van der Waals surface area (Å²) in [5.41, 5.74) is 8.04. The molecule has 0 amide bonds. The van der Waals surface area contributed by atoms with Gasteiger partial charge in [-0.15, -0.1) is 0 Å². The van der Waals surface area contributed by atoms with Crippen molar-refractivity contribution in [1.82, 2.24) is 9.78 Å². The fourth-order valence-corrected chi connectivity index (χ4v) is 2.45. The summed E-state index contributed by atoms with van der Waals surface area (Å²) in [5, 5.41) is 4.24. The van der Waals surface area contributed by atoms with Crippen molar-refractivity contribution in [3.05, 3.63) is 45.1 Å². The molecule has 2 N–H and O–H groups in total. The average molecular weight is 359 g/mol. The molecule has 2 aromatic rings. The summed E-state index contributed by atoms with van der Waals surface area (Å²) < 4.78 is 3.86. The van der Waals surface area contributed by atoms with Gasteiger partial charge in [0.25, 0.3) is 0 Å². The fourth-order valence-electron chi connectivity index (χ4n) is 1.63. The molecule has 1 heterocycles. The van der Waals surface area contributed by atoms with Crippen LogP contribution in [0.2, 0.25) is 0 Å². The number of halogens is 2. The molecule has 0 spiro atoms. The van der Waals surface area contributed by atoms with Crippen molar-refractivity contribution < 1.29 is 0 Å². The van der Waals surface area contributed by atoms with Crippen LogP contribution < -0.4 is 5.73 Å². The molecule has 17 heavy (non-hydrogen) atoms.